The Balaban J connectivity index is 1.29. The molecule has 3 amide bonds. The first-order valence-electron chi connectivity index (χ1n) is 13.7. The number of rotatable bonds is 10. The van der Waals surface area contributed by atoms with Gasteiger partial charge in [0.15, 0.2) is 0 Å². The summed E-state index contributed by atoms with van der Waals surface area (Å²) in [4.78, 5) is 40.5. The van der Waals surface area contributed by atoms with Gasteiger partial charge in [0.25, 0.3) is 0 Å². The molecular weight excluding hydrogens is 554 g/mol. The van der Waals surface area contributed by atoms with Crippen molar-refractivity contribution in [1.29, 1.82) is 0 Å². The van der Waals surface area contributed by atoms with Crippen LogP contribution in [0.4, 0.5) is 11.4 Å². The maximum atomic E-state index is 13.4. The van der Waals surface area contributed by atoms with Gasteiger partial charge in [-0.2, -0.15) is 4.68 Å². The minimum absolute atomic E-state index is 0.109. The molecule has 4 aromatic rings. The number of aryl methyl sites for hydroxylation is 1. The maximum absolute atomic E-state index is 13.4. The van der Waals surface area contributed by atoms with E-state index >= 15 is 0 Å². The Hall–Kier alpha value is -4.83. The van der Waals surface area contributed by atoms with Crippen LogP contribution in [0, 0.1) is 0 Å². The molecule has 2 heterocycles. The van der Waals surface area contributed by atoms with Gasteiger partial charge in [-0.25, -0.2) is 0 Å². The van der Waals surface area contributed by atoms with Crippen LogP contribution in [0.2, 0.25) is 5.02 Å². The van der Waals surface area contributed by atoms with E-state index in [0.717, 1.165) is 24.1 Å². The fraction of sp³-hybridized carbons (Fsp3) is 0.226. The monoisotopic (exact) mass is 583 g/mol. The number of halogens is 1. The first kappa shape index (κ1) is 28.7. The Morgan fingerprint density at radius 1 is 1.02 bits per heavy atom. The van der Waals surface area contributed by atoms with Gasteiger partial charge in [0.05, 0.1) is 5.69 Å². The molecular formula is C31H30ClN7O3. The van der Waals surface area contributed by atoms with Crippen LogP contribution >= 0.6 is 11.6 Å². The average molecular weight is 584 g/mol. The van der Waals surface area contributed by atoms with Gasteiger partial charge < -0.3 is 15.5 Å². The summed E-state index contributed by atoms with van der Waals surface area (Å²) in [6, 6.07) is 21.3. The van der Waals surface area contributed by atoms with Crippen molar-refractivity contribution in [1.82, 2.24) is 25.5 Å². The Kier molecular flexibility index (Phi) is 9.35. The highest BCUT2D eigenvalue weighted by Crippen LogP contribution is 2.23. The van der Waals surface area contributed by atoms with Crippen LogP contribution in [0.5, 0.6) is 0 Å². The molecule has 11 heteroatoms. The molecule has 0 aliphatic carbocycles. The molecule has 1 aliphatic rings. The number of nitrogens with one attached hydrogen (secondary N) is 2. The molecule has 1 fully saturated rings. The second-order valence-electron chi connectivity index (χ2n) is 9.91. The van der Waals surface area contributed by atoms with Gasteiger partial charge >= 0.3 is 0 Å². The number of aromatic nitrogens is 4. The van der Waals surface area contributed by atoms with Crippen molar-refractivity contribution in [3.63, 3.8) is 0 Å². The predicted octanol–water partition coefficient (Wildman–Crippen LogP) is 4.60. The van der Waals surface area contributed by atoms with Crippen LogP contribution in [0.15, 0.2) is 85.2 Å². The molecule has 2 N–H and O–H groups in total. The Morgan fingerprint density at radius 3 is 2.57 bits per heavy atom. The largest absolute Gasteiger partial charge is 0.341 e. The van der Waals surface area contributed by atoms with Crippen LogP contribution in [-0.2, 0) is 20.8 Å². The standard InChI is InChI=1S/C31H30ClN7O3/c32-24-11-17-28(39-21-33-36-37-39)23(20-24)10-18-29(40)35-27(16-9-22-6-2-1-3-7-22)31(42)34-25-12-14-26(15-13-25)38-19-5-4-8-30(38)41/h1-3,6-7,10-15,17-18,20-21,27H,4-5,8-9,16,19H2,(H,34,42)(H,35,40)/b18-10+/t27-/m0/s1. The van der Waals surface area contributed by atoms with E-state index in [1.165, 1.54) is 17.1 Å². The van der Waals surface area contributed by atoms with E-state index < -0.39 is 11.9 Å². The predicted molar refractivity (Wildman–Crippen MR) is 161 cm³/mol. The molecule has 0 spiro atoms. The van der Waals surface area contributed by atoms with Crippen molar-refractivity contribution in [2.75, 3.05) is 16.8 Å². The molecule has 0 saturated carbocycles. The summed E-state index contributed by atoms with van der Waals surface area (Å²) in [5, 5.41) is 17.5. The van der Waals surface area contributed by atoms with Gasteiger partial charge in [0.2, 0.25) is 17.7 Å². The number of anilines is 2. The van der Waals surface area contributed by atoms with Gasteiger partial charge in [-0.1, -0.05) is 41.9 Å². The molecule has 1 aliphatic heterocycles. The number of benzene rings is 3. The molecule has 0 bridgehead atoms. The lowest BCUT2D eigenvalue weighted by Crippen LogP contribution is -2.43. The molecule has 1 aromatic heterocycles. The van der Waals surface area contributed by atoms with Gasteiger partial charge in [0.1, 0.15) is 12.4 Å². The summed E-state index contributed by atoms with van der Waals surface area (Å²) in [6.07, 6.45) is 7.82. The Labute approximate surface area is 248 Å². The van der Waals surface area contributed by atoms with Crippen molar-refractivity contribution in [3.05, 3.63) is 101 Å². The third-order valence-electron chi connectivity index (χ3n) is 6.97. The number of hydrogen-bond acceptors (Lipinski definition) is 6. The zero-order valence-corrected chi connectivity index (χ0v) is 23.6. The van der Waals surface area contributed by atoms with Crippen LogP contribution in [0.25, 0.3) is 11.8 Å². The van der Waals surface area contributed by atoms with E-state index in [4.69, 9.17) is 11.6 Å². The molecule has 0 radical (unpaired) electrons. The van der Waals surface area contributed by atoms with Gasteiger partial charge in [-0.3, -0.25) is 14.4 Å². The lowest BCUT2D eigenvalue weighted by Gasteiger charge is -2.27. The highest BCUT2D eigenvalue weighted by Gasteiger charge is 2.22. The fourth-order valence-electron chi connectivity index (χ4n) is 4.78. The normalized spacial score (nSPS) is 14.1. The van der Waals surface area contributed by atoms with Gasteiger partial charge in [0, 0.05) is 41.0 Å². The number of nitrogens with zero attached hydrogens (tertiary/aromatic N) is 5. The highest BCUT2D eigenvalue weighted by atomic mass is 35.5. The molecule has 5 rings (SSSR count). The summed E-state index contributed by atoms with van der Waals surface area (Å²) in [5.74, 6) is -0.672. The van der Waals surface area contributed by atoms with E-state index in [1.807, 2.05) is 42.5 Å². The average Bonchev–Trinajstić information content (AvgIpc) is 3.54. The number of tetrazole rings is 1. The van der Waals surface area contributed by atoms with Crippen LogP contribution in [0.3, 0.4) is 0 Å². The van der Waals surface area contributed by atoms with Gasteiger partial charge in [-0.05, 0) is 90.2 Å². The van der Waals surface area contributed by atoms with Crippen LogP contribution in [-0.4, -0.2) is 50.5 Å². The van der Waals surface area contributed by atoms with Crippen LogP contribution in [0.1, 0.15) is 36.8 Å². The zero-order valence-electron chi connectivity index (χ0n) is 22.8. The second kappa shape index (κ2) is 13.7. The van der Waals surface area contributed by atoms with Gasteiger partial charge in [-0.15, -0.1) is 5.10 Å². The number of piperidine rings is 1. The minimum Gasteiger partial charge on any atom is -0.341 e. The maximum Gasteiger partial charge on any atom is 0.246 e. The van der Waals surface area contributed by atoms with E-state index in [2.05, 4.69) is 26.2 Å². The second-order valence-corrected chi connectivity index (χ2v) is 10.4. The lowest BCUT2D eigenvalue weighted by molar-refractivity contribution is -0.123. The molecule has 1 atom stereocenters. The summed E-state index contributed by atoms with van der Waals surface area (Å²) in [6.45, 7) is 0.693. The lowest BCUT2D eigenvalue weighted by atomic mass is 10.0. The quantitative estimate of drug-likeness (QED) is 0.263. The third kappa shape index (κ3) is 7.46. The molecule has 0 unspecified atom stereocenters. The van der Waals surface area contributed by atoms with Crippen molar-refractivity contribution in [2.24, 2.45) is 0 Å². The van der Waals surface area contributed by atoms with E-state index in [-0.39, 0.29) is 11.8 Å². The summed E-state index contributed by atoms with van der Waals surface area (Å²) in [5.41, 5.74) is 3.70. The summed E-state index contributed by atoms with van der Waals surface area (Å²) in [7, 11) is 0. The number of hydrogen-bond donors (Lipinski definition) is 2. The summed E-state index contributed by atoms with van der Waals surface area (Å²) < 4.78 is 1.47. The topological polar surface area (TPSA) is 122 Å². The molecule has 42 heavy (non-hydrogen) atoms. The number of amides is 3. The van der Waals surface area contributed by atoms with Crippen molar-refractivity contribution in [2.45, 2.75) is 38.1 Å². The minimum atomic E-state index is -0.802. The zero-order chi connectivity index (χ0) is 29.3. The third-order valence-corrected chi connectivity index (χ3v) is 7.20. The Bertz CT molecular complexity index is 1560. The molecule has 214 valence electrons. The van der Waals surface area contributed by atoms with E-state index in [0.29, 0.717) is 47.8 Å². The van der Waals surface area contributed by atoms with E-state index in [1.54, 1.807) is 41.3 Å². The van der Waals surface area contributed by atoms with Crippen molar-refractivity contribution < 1.29 is 14.4 Å². The molecule has 3 aromatic carbocycles. The summed E-state index contributed by atoms with van der Waals surface area (Å²) >= 11 is 6.19. The van der Waals surface area contributed by atoms with Crippen LogP contribution < -0.4 is 15.5 Å². The van der Waals surface area contributed by atoms with E-state index in [9.17, 15) is 14.4 Å². The Morgan fingerprint density at radius 2 is 1.83 bits per heavy atom. The number of carbonyl (C=O) groups is 3. The highest BCUT2D eigenvalue weighted by molar-refractivity contribution is 6.30. The fourth-order valence-corrected chi connectivity index (χ4v) is 4.96. The number of carbonyl (C=O) groups excluding carboxylic acids is 3. The SMILES string of the molecule is O=C(/C=C/c1cc(Cl)ccc1-n1cnnn1)N[C@@H](CCc1ccccc1)C(=O)Nc1ccc(N2CCCCC2=O)cc1. The smallest absolute Gasteiger partial charge is 0.246 e. The first-order valence-corrected chi connectivity index (χ1v) is 14.1. The van der Waals surface area contributed by atoms with Crippen molar-refractivity contribution in [3.8, 4) is 5.69 Å². The molecule has 1 saturated heterocycles. The molecule has 10 nitrogen and oxygen atoms in total. The first-order chi connectivity index (χ1) is 20.5. The van der Waals surface area contributed by atoms with Crippen molar-refractivity contribution >= 4 is 46.8 Å².